The maximum atomic E-state index is 6.29. The fourth-order valence-electron chi connectivity index (χ4n) is 3.13. The van der Waals surface area contributed by atoms with Crippen LogP contribution in [-0.2, 0) is 0 Å². The van der Waals surface area contributed by atoms with Crippen LogP contribution in [0.5, 0.6) is 0 Å². The molecule has 0 saturated carbocycles. The van der Waals surface area contributed by atoms with Gasteiger partial charge in [0, 0.05) is 37.8 Å². The molecule has 1 fully saturated rings. The van der Waals surface area contributed by atoms with E-state index in [4.69, 9.17) is 10.7 Å². The summed E-state index contributed by atoms with van der Waals surface area (Å²) in [5.74, 6) is 0.641. The normalized spacial score (nSPS) is 16.4. The number of aromatic nitrogens is 1. The summed E-state index contributed by atoms with van der Waals surface area (Å²) in [5.41, 5.74) is 8.83. The topological polar surface area (TPSA) is 61.0 Å². The molecule has 1 aromatic heterocycles. The number of hydrogen-bond donors (Lipinski definition) is 1. The van der Waals surface area contributed by atoms with E-state index >= 15 is 0 Å². The van der Waals surface area contributed by atoms with Crippen molar-refractivity contribution in [3.05, 3.63) is 47.0 Å². The van der Waals surface area contributed by atoms with E-state index in [1.807, 2.05) is 11.6 Å². The van der Waals surface area contributed by atoms with E-state index in [1.54, 1.807) is 11.3 Å². The molecule has 1 aromatic carbocycles. The average molecular weight is 500 g/mol. The van der Waals surface area contributed by atoms with Gasteiger partial charge in [0.2, 0.25) is 0 Å². The summed E-state index contributed by atoms with van der Waals surface area (Å²) >= 11 is 1.68. The third kappa shape index (κ3) is 5.79. The lowest BCUT2D eigenvalue weighted by Gasteiger charge is -2.35. The summed E-state index contributed by atoms with van der Waals surface area (Å²) < 4.78 is 0. The average Bonchev–Trinajstić information content (AvgIpc) is 3.18. The van der Waals surface area contributed by atoms with Gasteiger partial charge in [-0.1, -0.05) is 29.8 Å². The van der Waals surface area contributed by atoms with Crippen molar-refractivity contribution in [1.82, 2.24) is 14.8 Å². The number of benzene rings is 1. The molecule has 1 unspecified atom stereocenters. The molecule has 0 radical (unpaired) electrons. The molecule has 6 nitrogen and oxygen atoms in total. The molecule has 0 amide bonds. The molecule has 2 aromatic rings. The van der Waals surface area contributed by atoms with Gasteiger partial charge in [0.15, 0.2) is 11.1 Å². The van der Waals surface area contributed by atoms with E-state index in [1.165, 1.54) is 11.1 Å². The Morgan fingerprint density at radius 1 is 1.22 bits per heavy atom. The zero-order valence-electron chi connectivity index (χ0n) is 16.2. The van der Waals surface area contributed by atoms with Crippen molar-refractivity contribution in [3.63, 3.8) is 0 Å². The van der Waals surface area contributed by atoms with Crippen LogP contribution < -0.4 is 10.6 Å². The Morgan fingerprint density at radius 2 is 1.89 bits per heavy atom. The van der Waals surface area contributed by atoms with Crippen LogP contribution >= 0.6 is 35.3 Å². The van der Waals surface area contributed by atoms with Gasteiger partial charge in [-0.05, 0) is 26.6 Å². The molecule has 0 spiro atoms. The lowest BCUT2D eigenvalue weighted by molar-refractivity contribution is 0.304. The maximum Gasteiger partial charge on any atom is 0.191 e. The number of nitrogens with zero attached hydrogens (tertiary/aromatic N) is 5. The maximum absolute atomic E-state index is 6.29. The van der Waals surface area contributed by atoms with E-state index in [-0.39, 0.29) is 30.0 Å². The van der Waals surface area contributed by atoms with Crippen molar-refractivity contribution >= 4 is 46.4 Å². The van der Waals surface area contributed by atoms with E-state index in [0.717, 1.165) is 31.3 Å². The molecule has 2 N–H and O–H groups in total. The number of nitrogens with two attached hydrogens (primary N) is 1. The van der Waals surface area contributed by atoms with Crippen LogP contribution in [0, 0.1) is 6.92 Å². The molecule has 0 bridgehead atoms. The number of anilines is 1. The molecule has 0 aliphatic carbocycles. The van der Waals surface area contributed by atoms with E-state index in [0.29, 0.717) is 12.5 Å². The van der Waals surface area contributed by atoms with Crippen LogP contribution in [0.1, 0.15) is 17.2 Å². The van der Waals surface area contributed by atoms with E-state index in [2.05, 4.69) is 65.0 Å². The minimum atomic E-state index is 0. The highest BCUT2D eigenvalue weighted by Gasteiger charge is 2.20. The number of aryl methyl sites for hydroxylation is 1. The minimum absolute atomic E-state index is 0. The Hall–Kier alpha value is -1.39. The smallest absolute Gasteiger partial charge is 0.191 e. The third-order valence-electron chi connectivity index (χ3n) is 4.81. The van der Waals surface area contributed by atoms with Crippen LogP contribution in [0.15, 0.2) is 40.8 Å². The second-order valence-electron chi connectivity index (χ2n) is 6.88. The SMILES string of the molecule is Cc1ccc(C(CN=C(N)N2CCN(c3nccs3)CC2)N(C)C)cc1.I. The van der Waals surface area contributed by atoms with Crippen LogP contribution in [0.25, 0.3) is 0 Å². The highest BCUT2D eigenvalue weighted by Crippen LogP contribution is 2.20. The molecule has 1 aliphatic rings. The van der Waals surface area contributed by atoms with Gasteiger partial charge >= 0.3 is 0 Å². The zero-order valence-corrected chi connectivity index (χ0v) is 19.4. The number of halogens is 1. The number of thiazole rings is 1. The Morgan fingerprint density at radius 3 is 2.44 bits per heavy atom. The summed E-state index contributed by atoms with van der Waals surface area (Å²) in [6, 6.07) is 8.88. The number of aliphatic imine (C=N–C) groups is 1. The fourth-order valence-corrected chi connectivity index (χ4v) is 3.83. The van der Waals surface area contributed by atoms with Gasteiger partial charge in [-0.2, -0.15) is 0 Å². The molecular formula is C19H29IN6S. The number of piperazine rings is 1. The summed E-state index contributed by atoms with van der Waals surface area (Å²) in [6.45, 7) is 6.39. The minimum Gasteiger partial charge on any atom is -0.370 e. The molecule has 1 aliphatic heterocycles. The monoisotopic (exact) mass is 500 g/mol. The Bertz CT molecular complexity index is 708. The summed E-state index contributed by atoms with van der Waals surface area (Å²) in [6.07, 6.45) is 1.86. The fraction of sp³-hybridized carbons (Fsp3) is 0.474. The molecule has 2 heterocycles. The first kappa shape index (κ1) is 21.9. The van der Waals surface area contributed by atoms with E-state index < -0.39 is 0 Å². The van der Waals surface area contributed by atoms with Crippen molar-refractivity contribution in [2.24, 2.45) is 10.7 Å². The summed E-state index contributed by atoms with van der Waals surface area (Å²) in [7, 11) is 4.17. The van der Waals surface area contributed by atoms with Crippen LogP contribution in [0.2, 0.25) is 0 Å². The number of rotatable bonds is 5. The first-order valence-electron chi connectivity index (χ1n) is 8.97. The Labute approximate surface area is 183 Å². The second kappa shape index (κ2) is 10.2. The van der Waals surface area contributed by atoms with Gasteiger partial charge in [0.05, 0.1) is 12.6 Å². The first-order chi connectivity index (χ1) is 12.5. The number of hydrogen-bond acceptors (Lipinski definition) is 5. The highest BCUT2D eigenvalue weighted by molar-refractivity contribution is 14.0. The highest BCUT2D eigenvalue weighted by atomic mass is 127. The van der Waals surface area contributed by atoms with Crippen LogP contribution in [-0.4, -0.2) is 67.6 Å². The van der Waals surface area contributed by atoms with Gasteiger partial charge < -0.3 is 20.4 Å². The van der Waals surface area contributed by atoms with Gasteiger partial charge in [-0.3, -0.25) is 4.99 Å². The van der Waals surface area contributed by atoms with Crippen LogP contribution in [0.4, 0.5) is 5.13 Å². The number of likely N-dealkylation sites (N-methyl/N-ethyl adjacent to an activating group) is 1. The lowest BCUT2D eigenvalue weighted by Crippen LogP contribution is -2.51. The molecule has 1 saturated heterocycles. The largest absolute Gasteiger partial charge is 0.370 e. The summed E-state index contributed by atoms with van der Waals surface area (Å²) in [5, 5.41) is 3.11. The van der Waals surface area contributed by atoms with Gasteiger partial charge in [-0.25, -0.2) is 4.98 Å². The predicted molar refractivity (Wildman–Crippen MR) is 125 cm³/mol. The molecule has 148 valence electrons. The number of guanidine groups is 1. The van der Waals surface area contributed by atoms with Crippen molar-refractivity contribution in [2.75, 3.05) is 51.7 Å². The predicted octanol–water partition coefficient (Wildman–Crippen LogP) is 2.81. The van der Waals surface area contributed by atoms with Crippen molar-refractivity contribution in [1.29, 1.82) is 0 Å². The van der Waals surface area contributed by atoms with E-state index in [9.17, 15) is 0 Å². The molecule has 1 atom stereocenters. The zero-order chi connectivity index (χ0) is 18.5. The van der Waals surface area contributed by atoms with Crippen molar-refractivity contribution < 1.29 is 0 Å². The van der Waals surface area contributed by atoms with Gasteiger partial charge in [0.25, 0.3) is 0 Å². The quantitative estimate of drug-likeness (QED) is 0.389. The second-order valence-corrected chi connectivity index (χ2v) is 7.75. The molecule has 3 rings (SSSR count). The molecule has 27 heavy (non-hydrogen) atoms. The standard InChI is InChI=1S/C19H28N6S.HI/c1-15-4-6-16(7-5-15)17(23(2)3)14-22-18(20)24-9-11-25(12-10-24)19-21-8-13-26-19;/h4-8,13,17H,9-12,14H2,1-3H3,(H2,20,22);1H. The third-order valence-corrected chi connectivity index (χ3v) is 5.64. The van der Waals surface area contributed by atoms with Crippen LogP contribution in [0.3, 0.4) is 0 Å². The summed E-state index contributed by atoms with van der Waals surface area (Å²) in [4.78, 5) is 15.8. The van der Waals surface area contributed by atoms with Gasteiger partial charge in [0.1, 0.15) is 0 Å². The Balaban J connectivity index is 0.00000261. The lowest BCUT2D eigenvalue weighted by atomic mass is 10.0. The van der Waals surface area contributed by atoms with Crippen molar-refractivity contribution in [2.45, 2.75) is 13.0 Å². The van der Waals surface area contributed by atoms with Gasteiger partial charge in [-0.15, -0.1) is 35.3 Å². The first-order valence-corrected chi connectivity index (χ1v) is 9.85. The Kier molecular flexibility index (Phi) is 8.30. The van der Waals surface area contributed by atoms with Crippen molar-refractivity contribution in [3.8, 4) is 0 Å². The molecular weight excluding hydrogens is 471 g/mol. The molecule has 8 heteroatoms.